The zero-order valence-corrected chi connectivity index (χ0v) is 11.5. The molecule has 0 atom stereocenters. The summed E-state index contributed by atoms with van der Waals surface area (Å²) in [5, 5.41) is 13.8. The Morgan fingerprint density at radius 1 is 1.20 bits per heavy atom. The van der Waals surface area contributed by atoms with Gasteiger partial charge in [0.1, 0.15) is 5.82 Å². The van der Waals surface area contributed by atoms with Gasteiger partial charge in [0.2, 0.25) is 0 Å². The summed E-state index contributed by atoms with van der Waals surface area (Å²) in [6.45, 7) is 5.06. The SMILES string of the molecule is CC(C)CNc1ccc(NC(=O)c2cccnc2)nn1. The molecule has 2 aromatic heterocycles. The summed E-state index contributed by atoms with van der Waals surface area (Å²) in [7, 11) is 0. The second-order valence-corrected chi connectivity index (χ2v) is 4.77. The Hall–Kier alpha value is -2.50. The average Bonchev–Trinajstić information content (AvgIpc) is 2.47. The molecule has 2 N–H and O–H groups in total. The van der Waals surface area contributed by atoms with Crippen LogP contribution in [0.15, 0.2) is 36.7 Å². The first-order valence-electron chi connectivity index (χ1n) is 6.44. The number of pyridine rings is 1. The smallest absolute Gasteiger partial charge is 0.258 e. The number of hydrogen-bond donors (Lipinski definition) is 2. The lowest BCUT2D eigenvalue weighted by molar-refractivity contribution is 0.102. The quantitative estimate of drug-likeness (QED) is 0.871. The third kappa shape index (κ3) is 4.01. The van der Waals surface area contributed by atoms with Gasteiger partial charge in [-0.05, 0) is 30.2 Å². The van der Waals surface area contributed by atoms with Crippen molar-refractivity contribution >= 4 is 17.5 Å². The molecule has 0 aromatic carbocycles. The summed E-state index contributed by atoms with van der Waals surface area (Å²) in [4.78, 5) is 15.8. The summed E-state index contributed by atoms with van der Waals surface area (Å²) >= 11 is 0. The highest BCUT2D eigenvalue weighted by Gasteiger charge is 2.07. The Kier molecular flexibility index (Phi) is 4.60. The highest BCUT2D eigenvalue weighted by molar-refractivity contribution is 6.03. The highest BCUT2D eigenvalue weighted by atomic mass is 16.1. The first-order valence-corrected chi connectivity index (χ1v) is 6.44. The molecule has 2 aromatic rings. The molecule has 0 saturated heterocycles. The minimum atomic E-state index is -0.254. The van der Waals surface area contributed by atoms with E-state index < -0.39 is 0 Å². The number of hydrogen-bond acceptors (Lipinski definition) is 5. The van der Waals surface area contributed by atoms with Crippen molar-refractivity contribution in [3.8, 4) is 0 Å². The van der Waals surface area contributed by atoms with Crippen LogP contribution in [-0.2, 0) is 0 Å². The van der Waals surface area contributed by atoms with E-state index in [1.165, 1.54) is 6.20 Å². The number of carbonyl (C=O) groups is 1. The van der Waals surface area contributed by atoms with Crippen molar-refractivity contribution in [3.05, 3.63) is 42.2 Å². The van der Waals surface area contributed by atoms with E-state index in [0.717, 1.165) is 6.54 Å². The van der Waals surface area contributed by atoms with Gasteiger partial charge in [-0.3, -0.25) is 9.78 Å². The average molecular weight is 271 g/mol. The largest absolute Gasteiger partial charge is 0.368 e. The Morgan fingerprint density at radius 3 is 2.55 bits per heavy atom. The van der Waals surface area contributed by atoms with Crippen LogP contribution in [-0.4, -0.2) is 27.6 Å². The molecule has 0 spiro atoms. The molecule has 104 valence electrons. The van der Waals surface area contributed by atoms with Crippen LogP contribution < -0.4 is 10.6 Å². The van der Waals surface area contributed by atoms with Crippen molar-refractivity contribution < 1.29 is 4.79 Å². The van der Waals surface area contributed by atoms with Crippen LogP contribution in [0.5, 0.6) is 0 Å². The van der Waals surface area contributed by atoms with Gasteiger partial charge in [0, 0.05) is 18.9 Å². The second kappa shape index (κ2) is 6.60. The van der Waals surface area contributed by atoms with E-state index in [9.17, 15) is 4.79 Å². The van der Waals surface area contributed by atoms with Crippen molar-refractivity contribution in [2.24, 2.45) is 5.92 Å². The molecule has 1 amide bonds. The van der Waals surface area contributed by atoms with Gasteiger partial charge >= 0.3 is 0 Å². The van der Waals surface area contributed by atoms with Gasteiger partial charge in [-0.15, -0.1) is 10.2 Å². The molecule has 2 rings (SSSR count). The lowest BCUT2D eigenvalue weighted by atomic mass is 10.2. The number of carbonyl (C=O) groups excluding carboxylic acids is 1. The third-order valence-corrected chi connectivity index (χ3v) is 2.52. The van der Waals surface area contributed by atoms with Crippen molar-refractivity contribution in [2.75, 3.05) is 17.2 Å². The number of aromatic nitrogens is 3. The zero-order valence-electron chi connectivity index (χ0n) is 11.5. The number of nitrogens with zero attached hydrogens (tertiary/aromatic N) is 3. The summed E-state index contributed by atoms with van der Waals surface area (Å²) in [6.07, 6.45) is 3.12. The van der Waals surface area contributed by atoms with E-state index in [1.807, 2.05) is 0 Å². The third-order valence-electron chi connectivity index (χ3n) is 2.52. The fourth-order valence-electron chi connectivity index (χ4n) is 1.49. The fraction of sp³-hybridized carbons (Fsp3) is 0.286. The molecule has 0 unspecified atom stereocenters. The molecular formula is C14H17N5O. The summed E-state index contributed by atoms with van der Waals surface area (Å²) in [5.41, 5.74) is 0.483. The minimum Gasteiger partial charge on any atom is -0.368 e. The zero-order chi connectivity index (χ0) is 14.4. The Morgan fingerprint density at radius 2 is 1.95 bits per heavy atom. The molecule has 6 heteroatoms. The van der Waals surface area contributed by atoms with Crippen LogP contribution in [0, 0.1) is 5.92 Å². The van der Waals surface area contributed by atoms with Crippen LogP contribution >= 0.6 is 0 Å². The highest BCUT2D eigenvalue weighted by Crippen LogP contribution is 2.08. The molecule has 0 fully saturated rings. The number of rotatable bonds is 5. The lowest BCUT2D eigenvalue weighted by Gasteiger charge is -2.08. The predicted octanol–water partition coefficient (Wildman–Crippen LogP) is 2.19. The molecule has 6 nitrogen and oxygen atoms in total. The van der Waals surface area contributed by atoms with Gasteiger partial charge in [0.15, 0.2) is 5.82 Å². The Labute approximate surface area is 117 Å². The molecule has 0 radical (unpaired) electrons. The van der Waals surface area contributed by atoms with Crippen LogP contribution in [0.25, 0.3) is 0 Å². The summed E-state index contributed by atoms with van der Waals surface area (Å²) in [5.74, 6) is 1.38. The molecule has 2 heterocycles. The van der Waals surface area contributed by atoms with E-state index in [-0.39, 0.29) is 5.91 Å². The molecule has 0 bridgehead atoms. The van der Waals surface area contributed by atoms with E-state index >= 15 is 0 Å². The molecule has 0 saturated carbocycles. The molecule has 0 aliphatic heterocycles. The predicted molar refractivity (Wildman–Crippen MR) is 77.5 cm³/mol. The normalized spacial score (nSPS) is 10.3. The van der Waals surface area contributed by atoms with Crippen LogP contribution in [0.3, 0.4) is 0 Å². The van der Waals surface area contributed by atoms with Gasteiger partial charge in [-0.1, -0.05) is 13.8 Å². The van der Waals surface area contributed by atoms with Gasteiger partial charge < -0.3 is 10.6 Å². The summed E-state index contributed by atoms with van der Waals surface area (Å²) < 4.78 is 0. The van der Waals surface area contributed by atoms with Crippen LogP contribution in [0.4, 0.5) is 11.6 Å². The number of anilines is 2. The Bertz CT molecular complexity index is 554. The maximum atomic E-state index is 11.9. The Balaban J connectivity index is 1.95. The van der Waals surface area contributed by atoms with E-state index in [2.05, 4.69) is 39.7 Å². The fourth-order valence-corrected chi connectivity index (χ4v) is 1.49. The second-order valence-electron chi connectivity index (χ2n) is 4.77. The maximum absolute atomic E-state index is 11.9. The van der Waals surface area contributed by atoms with Crippen molar-refractivity contribution in [1.82, 2.24) is 15.2 Å². The van der Waals surface area contributed by atoms with E-state index in [0.29, 0.717) is 23.1 Å². The van der Waals surface area contributed by atoms with Gasteiger partial charge in [0.05, 0.1) is 5.56 Å². The molecule has 0 aliphatic rings. The first kappa shape index (κ1) is 13.9. The minimum absolute atomic E-state index is 0.254. The van der Waals surface area contributed by atoms with Crippen LogP contribution in [0.2, 0.25) is 0 Å². The molecule has 20 heavy (non-hydrogen) atoms. The van der Waals surface area contributed by atoms with Gasteiger partial charge in [-0.2, -0.15) is 0 Å². The first-order chi connectivity index (χ1) is 9.65. The summed E-state index contributed by atoms with van der Waals surface area (Å²) in [6, 6.07) is 6.89. The van der Waals surface area contributed by atoms with E-state index in [1.54, 1.807) is 30.5 Å². The number of nitrogens with one attached hydrogen (secondary N) is 2. The van der Waals surface area contributed by atoms with Crippen molar-refractivity contribution in [1.29, 1.82) is 0 Å². The number of amides is 1. The maximum Gasteiger partial charge on any atom is 0.258 e. The van der Waals surface area contributed by atoms with E-state index in [4.69, 9.17) is 0 Å². The van der Waals surface area contributed by atoms with Gasteiger partial charge in [0.25, 0.3) is 5.91 Å². The topological polar surface area (TPSA) is 79.8 Å². The van der Waals surface area contributed by atoms with Crippen molar-refractivity contribution in [3.63, 3.8) is 0 Å². The standard InChI is InChI=1S/C14H17N5O/c1-10(2)8-16-12-5-6-13(19-18-12)17-14(20)11-4-3-7-15-9-11/h3-7,9-10H,8H2,1-2H3,(H,16,18)(H,17,19,20). The molecule has 0 aliphatic carbocycles. The monoisotopic (exact) mass is 271 g/mol. The van der Waals surface area contributed by atoms with Crippen LogP contribution in [0.1, 0.15) is 24.2 Å². The lowest BCUT2D eigenvalue weighted by Crippen LogP contribution is -2.14. The van der Waals surface area contributed by atoms with Crippen molar-refractivity contribution in [2.45, 2.75) is 13.8 Å². The molecular weight excluding hydrogens is 254 g/mol. The van der Waals surface area contributed by atoms with Gasteiger partial charge in [-0.25, -0.2) is 0 Å².